The van der Waals surface area contributed by atoms with Gasteiger partial charge in [-0.15, -0.1) is 0 Å². The standard InChI is InChI=1S/C17H22N4/c1-13-7-19-17(21(13)10-14-4-5-14)16-11-20(12-16)9-15-3-2-6-18-8-15/h2-3,6-8,14,16H,4-5,9-12H2,1H3. The molecule has 0 atom stereocenters. The molecule has 2 aromatic rings. The molecule has 4 heteroatoms. The van der Waals surface area contributed by atoms with Gasteiger partial charge in [-0.05, 0) is 37.3 Å². The molecule has 0 radical (unpaired) electrons. The number of aryl methyl sites for hydroxylation is 1. The highest BCUT2D eigenvalue weighted by atomic mass is 15.2. The minimum absolute atomic E-state index is 0.606. The molecule has 2 fully saturated rings. The van der Waals surface area contributed by atoms with E-state index in [1.165, 1.54) is 36.5 Å². The van der Waals surface area contributed by atoms with Crippen molar-refractivity contribution in [1.82, 2.24) is 19.4 Å². The van der Waals surface area contributed by atoms with Crippen molar-refractivity contribution in [2.24, 2.45) is 5.92 Å². The van der Waals surface area contributed by atoms with Crippen molar-refractivity contribution in [1.29, 1.82) is 0 Å². The lowest BCUT2D eigenvalue weighted by Crippen LogP contribution is -2.45. The maximum Gasteiger partial charge on any atom is 0.114 e. The minimum atomic E-state index is 0.606. The molecule has 0 amide bonds. The highest BCUT2D eigenvalue weighted by Crippen LogP contribution is 2.34. The van der Waals surface area contributed by atoms with Crippen molar-refractivity contribution >= 4 is 0 Å². The molecule has 2 aliphatic rings. The zero-order chi connectivity index (χ0) is 14.2. The predicted octanol–water partition coefficient (Wildman–Crippen LogP) is 2.60. The number of aromatic nitrogens is 3. The van der Waals surface area contributed by atoms with Crippen molar-refractivity contribution in [3.8, 4) is 0 Å². The summed E-state index contributed by atoms with van der Waals surface area (Å²) in [6, 6.07) is 4.16. The van der Waals surface area contributed by atoms with E-state index < -0.39 is 0 Å². The number of imidazole rings is 1. The van der Waals surface area contributed by atoms with Crippen LogP contribution in [0.25, 0.3) is 0 Å². The van der Waals surface area contributed by atoms with Crippen LogP contribution >= 0.6 is 0 Å². The second-order valence-electron chi connectivity index (χ2n) is 6.56. The fourth-order valence-electron chi connectivity index (χ4n) is 3.21. The summed E-state index contributed by atoms with van der Waals surface area (Å²) in [5.41, 5.74) is 2.62. The van der Waals surface area contributed by atoms with E-state index in [2.05, 4.69) is 32.4 Å². The van der Waals surface area contributed by atoms with Crippen LogP contribution in [-0.2, 0) is 13.1 Å². The fraction of sp³-hybridized carbons (Fsp3) is 0.529. The van der Waals surface area contributed by atoms with Gasteiger partial charge in [0, 0.05) is 56.4 Å². The van der Waals surface area contributed by atoms with Gasteiger partial charge in [0.2, 0.25) is 0 Å². The summed E-state index contributed by atoms with van der Waals surface area (Å²) in [5.74, 6) is 2.82. The molecule has 0 unspecified atom stereocenters. The summed E-state index contributed by atoms with van der Waals surface area (Å²) in [6.07, 6.45) is 8.64. The van der Waals surface area contributed by atoms with Gasteiger partial charge < -0.3 is 4.57 Å². The average Bonchev–Trinajstić information content (AvgIpc) is 3.21. The van der Waals surface area contributed by atoms with Gasteiger partial charge in [0.1, 0.15) is 5.82 Å². The molecule has 4 nitrogen and oxygen atoms in total. The van der Waals surface area contributed by atoms with Crippen molar-refractivity contribution < 1.29 is 0 Å². The summed E-state index contributed by atoms with van der Waals surface area (Å²) < 4.78 is 2.46. The van der Waals surface area contributed by atoms with Crippen molar-refractivity contribution in [3.63, 3.8) is 0 Å². The third-order valence-electron chi connectivity index (χ3n) is 4.67. The van der Waals surface area contributed by atoms with E-state index in [1.54, 1.807) is 0 Å². The first kappa shape index (κ1) is 13.0. The van der Waals surface area contributed by atoms with E-state index in [0.29, 0.717) is 5.92 Å². The van der Waals surface area contributed by atoms with E-state index in [4.69, 9.17) is 0 Å². The number of likely N-dealkylation sites (tertiary alicyclic amines) is 1. The van der Waals surface area contributed by atoms with Crippen LogP contribution in [0.15, 0.2) is 30.7 Å². The van der Waals surface area contributed by atoms with Crippen LogP contribution in [0.3, 0.4) is 0 Å². The first-order chi connectivity index (χ1) is 10.3. The highest BCUT2D eigenvalue weighted by molar-refractivity contribution is 5.15. The average molecular weight is 282 g/mol. The molecule has 2 aromatic heterocycles. The highest BCUT2D eigenvalue weighted by Gasteiger charge is 2.33. The van der Waals surface area contributed by atoms with Crippen LogP contribution in [0.2, 0.25) is 0 Å². The molecule has 110 valence electrons. The molecule has 0 spiro atoms. The lowest BCUT2D eigenvalue weighted by atomic mass is 9.98. The molecule has 0 aromatic carbocycles. The predicted molar refractivity (Wildman–Crippen MR) is 81.9 cm³/mol. The second-order valence-corrected chi connectivity index (χ2v) is 6.56. The van der Waals surface area contributed by atoms with Crippen LogP contribution in [0, 0.1) is 12.8 Å². The Hall–Kier alpha value is -1.68. The van der Waals surface area contributed by atoms with E-state index in [0.717, 1.165) is 25.6 Å². The van der Waals surface area contributed by atoms with E-state index >= 15 is 0 Å². The van der Waals surface area contributed by atoms with E-state index in [9.17, 15) is 0 Å². The number of hydrogen-bond acceptors (Lipinski definition) is 3. The number of rotatable bonds is 5. The van der Waals surface area contributed by atoms with Gasteiger partial charge in [0.05, 0.1) is 0 Å². The molecule has 0 N–H and O–H groups in total. The van der Waals surface area contributed by atoms with Gasteiger partial charge in [0.15, 0.2) is 0 Å². The Kier molecular flexibility index (Phi) is 3.26. The zero-order valence-electron chi connectivity index (χ0n) is 12.6. The zero-order valence-corrected chi connectivity index (χ0v) is 12.6. The Morgan fingerprint density at radius 3 is 2.81 bits per heavy atom. The molecule has 1 saturated carbocycles. The minimum Gasteiger partial charge on any atom is -0.332 e. The van der Waals surface area contributed by atoms with Gasteiger partial charge in [-0.1, -0.05) is 6.07 Å². The Labute approximate surface area is 125 Å². The fourth-order valence-corrected chi connectivity index (χ4v) is 3.21. The van der Waals surface area contributed by atoms with Gasteiger partial charge >= 0.3 is 0 Å². The molecule has 3 heterocycles. The molecular formula is C17H22N4. The van der Waals surface area contributed by atoms with Gasteiger partial charge in [0.25, 0.3) is 0 Å². The van der Waals surface area contributed by atoms with Crippen LogP contribution in [0.1, 0.15) is 35.8 Å². The third kappa shape index (κ3) is 2.72. The van der Waals surface area contributed by atoms with Crippen molar-refractivity contribution in [3.05, 3.63) is 47.8 Å². The van der Waals surface area contributed by atoms with Gasteiger partial charge in [-0.2, -0.15) is 0 Å². The molecule has 1 aliphatic heterocycles. The molecule has 21 heavy (non-hydrogen) atoms. The topological polar surface area (TPSA) is 34.0 Å². The quantitative estimate of drug-likeness (QED) is 0.845. The van der Waals surface area contributed by atoms with Crippen LogP contribution < -0.4 is 0 Å². The van der Waals surface area contributed by atoms with Crippen LogP contribution in [0.4, 0.5) is 0 Å². The number of pyridine rings is 1. The summed E-state index contributed by atoms with van der Waals surface area (Å²) in [6.45, 7) is 6.61. The Balaban J connectivity index is 1.39. The smallest absolute Gasteiger partial charge is 0.114 e. The molecule has 1 aliphatic carbocycles. The number of hydrogen-bond donors (Lipinski definition) is 0. The third-order valence-corrected chi connectivity index (χ3v) is 4.67. The largest absolute Gasteiger partial charge is 0.332 e. The molecular weight excluding hydrogens is 260 g/mol. The van der Waals surface area contributed by atoms with Gasteiger partial charge in [-0.25, -0.2) is 4.98 Å². The van der Waals surface area contributed by atoms with E-state index in [-0.39, 0.29) is 0 Å². The van der Waals surface area contributed by atoms with E-state index in [1.807, 2.05) is 24.7 Å². The monoisotopic (exact) mass is 282 g/mol. The first-order valence-corrected chi connectivity index (χ1v) is 7.93. The normalized spacial score (nSPS) is 19.7. The maximum absolute atomic E-state index is 4.68. The summed E-state index contributed by atoms with van der Waals surface area (Å²) >= 11 is 0. The molecule has 4 rings (SSSR count). The van der Waals surface area contributed by atoms with Crippen molar-refractivity contribution in [2.45, 2.75) is 38.8 Å². The SMILES string of the molecule is Cc1cnc(C2CN(Cc3cccnc3)C2)n1CC1CC1. The maximum atomic E-state index is 4.68. The Bertz CT molecular complexity index is 609. The summed E-state index contributed by atoms with van der Waals surface area (Å²) in [5, 5.41) is 0. The lowest BCUT2D eigenvalue weighted by Gasteiger charge is -2.39. The Morgan fingerprint density at radius 2 is 2.10 bits per heavy atom. The summed E-state index contributed by atoms with van der Waals surface area (Å²) in [7, 11) is 0. The molecule has 0 bridgehead atoms. The summed E-state index contributed by atoms with van der Waals surface area (Å²) in [4.78, 5) is 11.4. The van der Waals surface area contributed by atoms with Crippen LogP contribution in [0.5, 0.6) is 0 Å². The first-order valence-electron chi connectivity index (χ1n) is 7.93. The van der Waals surface area contributed by atoms with Crippen molar-refractivity contribution in [2.75, 3.05) is 13.1 Å². The lowest BCUT2D eigenvalue weighted by molar-refractivity contribution is 0.132. The van der Waals surface area contributed by atoms with Gasteiger partial charge in [-0.3, -0.25) is 9.88 Å². The van der Waals surface area contributed by atoms with Crippen LogP contribution in [-0.4, -0.2) is 32.5 Å². The second kappa shape index (κ2) is 5.26. The number of nitrogens with zero attached hydrogens (tertiary/aromatic N) is 4. The Morgan fingerprint density at radius 1 is 1.24 bits per heavy atom. The molecule has 1 saturated heterocycles.